The zero-order chi connectivity index (χ0) is 20.1. The number of urea groups is 1. The van der Waals surface area contributed by atoms with E-state index < -0.39 is 0 Å². The van der Waals surface area contributed by atoms with Crippen LogP contribution in [0.25, 0.3) is 0 Å². The number of thiazole rings is 1. The summed E-state index contributed by atoms with van der Waals surface area (Å²) in [5, 5.41) is 7.77. The molecular weight excluding hydrogens is 446 g/mol. The number of piperazine rings is 1. The normalized spacial score (nSPS) is 13.9. The second-order valence-corrected chi connectivity index (χ2v) is 8.07. The summed E-state index contributed by atoms with van der Waals surface area (Å²) in [7, 11) is 0. The summed E-state index contributed by atoms with van der Waals surface area (Å²) in [5.74, 6) is -0.156. The summed E-state index contributed by atoms with van der Waals surface area (Å²) in [6.07, 6.45) is 0.125. The maximum atomic E-state index is 12.3. The van der Waals surface area contributed by atoms with Crippen molar-refractivity contribution < 1.29 is 14.4 Å². The molecule has 3 rings (SSSR count). The maximum absolute atomic E-state index is 12.3. The van der Waals surface area contributed by atoms with Gasteiger partial charge in [0.1, 0.15) is 0 Å². The van der Waals surface area contributed by atoms with E-state index in [-0.39, 0.29) is 24.3 Å². The van der Waals surface area contributed by atoms with Crippen LogP contribution in [0.1, 0.15) is 12.6 Å². The molecule has 0 spiro atoms. The fraction of sp³-hybridized carbons (Fsp3) is 0.333. The fourth-order valence-electron chi connectivity index (χ4n) is 2.74. The third-order valence-electron chi connectivity index (χ3n) is 4.25. The Kier molecular flexibility index (Phi) is 6.63. The standard InChI is InChI=1S/C18H20BrN5O3S/c1-12(25)23-6-8-24(9-7-23)18(27)22-17-21-15(11-28-17)10-16(26)20-14-4-2-13(19)3-5-14/h2-5,11H,6-10H2,1H3,(H,20,26)(H,21,22,27). The van der Waals surface area contributed by atoms with Gasteiger partial charge in [0.15, 0.2) is 5.13 Å². The quantitative estimate of drug-likeness (QED) is 0.725. The Labute approximate surface area is 175 Å². The van der Waals surface area contributed by atoms with E-state index in [1.54, 1.807) is 27.3 Å². The highest BCUT2D eigenvalue weighted by Crippen LogP contribution is 2.18. The number of carbonyl (C=O) groups excluding carboxylic acids is 3. The Morgan fingerprint density at radius 2 is 1.71 bits per heavy atom. The van der Waals surface area contributed by atoms with Crippen molar-refractivity contribution in [3.05, 3.63) is 39.8 Å². The lowest BCUT2D eigenvalue weighted by molar-refractivity contribution is -0.130. The monoisotopic (exact) mass is 465 g/mol. The van der Waals surface area contributed by atoms with Crippen LogP contribution in [-0.2, 0) is 16.0 Å². The summed E-state index contributed by atoms with van der Waals surface area (Å²) in [6, 6.07) is 7.06. The van der Waals surface area contributed by atoms with Crippen molar-refractivity contribution in [1.29, 1.82) is 0 Å². The molecular formula is C18H20BrN5O3S. The number of amides is 4. The molecule has 10 heteroatoms. The number of nitrogens with one attached hydrogen (secondary N) is 2. The van der Waals surface area contributed by atoms with Gasteiger partial charge in [-0.05, 0) is 24.3 Å². The zero-order valence-electron chi connectivity index (χ0n) is 15.3. The lowest BCUT2D eigenvalue weighted by Crippen LogP contribution is -2.51. The van der Waals surface area contributed by atoms with E-state index in [0.29, 0.717) is 42.7 Å². The lowest BCUT2D eigenvalue weighted by atomic mass is 10.3. The van der Waals surface area contributed by atoms with Crippen LogP contribution in [0.15, 0.2) is 34.1 Å². The van der Waals surface area contributed by atoms with Crippen molar-refractivity contribution in [2.24, 2.45) is 0 Å². The number of halogens is 1. The zero-order valence-corrected chi connectivity index (χ0v) is 17.7. The second-order valence-electron chi connectivity index (χ2n) is 6.30. The summed E-state index contributed by atoms with van der Waals surface area (Å²) in [6.45, 7) is 3.56. The molecule has 8 nitrogen and oxygen atoms in total. The van der Waals surface area contributed by atoms with Crippen LogP contribution in [-0.4, -0.2) is 58.8 Å². The summed E-state index contributed by atoms with van der Waals surface area (Å²) >= 11 is 4.63. The largest absolute Gasteiger partial charge is 0.339 e. The minimum absolute atomic E-state index is 0.0195. The Morgan fingerprint density at radius 1 is 1.07 bits per heavy atom. The Bertz CT molecular complexity index is 862. The molecule has 0 atom stereocenters. The molecule has 1 aromatic heterocycles. The van der Waals surface area contributed by atoms with Crippen LogP contribution in [0.3, 0.4) is 0 Å². The number of anilines is 2. The predicted molar refractivity (Wildman–Crippen MR) is 111 cm³/mol. The van der Waals surface area contributed by atoms with Crippen molar-refractivity contribution >= 4 is 55.9 Å². The van der Waals surface area contributed by atoms with Gasteiger partial charge in [-0.15, -0.1) is 11.3 Å². The van der Waals surface area contributed by atoms with Gasteiger partial charge in [0.25, 0.3) is 0 Å². The van der Waals surface area contributed by atoms with Crippen molar-refractivity contribution in [2.75, 3.05) is 36.8 Å². The molecule has 4 amide bonds. The van der Waals surface area contributed by atoms with E-state index in [1.807, 2.05) is 12.1 Å². The third kappa shape index (κ3) is 5.52. The number of hydrogen-bond donors (Lipinski definition) is 2. The molecule has 0 bridgehead atoms. The van der Waals surface area contributed by atoms with Crippen LogP contribution >= 0.6 is 27.3 Å². The Morgan fingerprint density at radius 3 is 2.36 bits per heavy atom. The molecule has 2 aromatic rings. The van der Waals surface area contributed by atoms with Gasteiger partial charge in [0, 0.05) is 48.6 Å². The minimum Gasteiger partial charge on any atom is -0.339 e. The molecule has 0 aliphatic carbocycles. The van der Waals surface area contributed by atoms with Crippen molar-refractivity contribution in [2.45, 2.75) is 13.3 Å². The van der Waals surface area contributed by atoms with E-state index in [2.05, 4.69) is 31.5 Å². The van der Waals surface area contributed by atoms with Crippen LogP contribution in [0.2, 0.25) is 0 Å². The summed E-state index contributed by atoms with van der Waals surface area (Å²) < 4.78 is 0.938. The van der Waals surface area contributed by atoms with Gasteiger partial charge in [-0.2, -0.15) is 0 Å². The number of carbonyl (C=O) groups is 3. The van der Waals surface area contributed by atoms with Gasteiger partial charge >= 0.3 is 6.03 Å². The van der Waals surface area contributed by atoms with Crippen LogP contribution < -0.4 is 10.6 Å². The third-order valence-corrected chi connectivity index (χ3v) is 5.58. The van der Waals surface area contributed by atoms with Gasteiger partial charge in [-0.1, -0.05) is 15.9 Å². The summed E-state index contributed by atoms with van der Waals surface area (Å²) in [5.41, 5.74) is 1.30. The predicted octanol–water partition coefficient (Wildman–Crippen LogP) is 2.78. The first-order valence-electron chi connectivity index (χ1n) is 8.72. The number of aromatic nitrogens is 1. The van der Waals surface area contributed by atoms with Gasteiger partial charge in [-0.3, -0.25) is 14.9 Å². The van der Waals surface area contributed by atoms with Crippen LogP contribution in [0.4, 0.5) is 15.6 Å². The van der Waals surface area contributed by atoms with Gasteiger partial charge in [-0.25, -0.2) is 9.78 Å². The van der Waals surface area contributed by atoms with E-state index in [0.717, 1.165) is 4.47 Å². The molecule has 1 saturated heterocycles. The second kappa shape index (κ2) is 9.16. The van der Waals surface area contributed by atoms with Crippen molar-refractivity contribution in [1.82, 2.24) is 14.8 Å². The first kappa shape index (κ1) is 20.3. The average molecular weight is 466 g/mol. The Balaban J connectivity index is 1.48. The maximum Gasteiger partial charge on any atom is 0.323 e. The van der Waals surface area contributed by atoms with E-state index in [4.69, 9.17) is 0 Å². The molecule has 1 aliphatic heterocycles. The van der Waals surface area contributed by atoms with E-state index in [9.17, 15) is 14.4 Å². The van der Waals surface area contributed by atoms with E-state index in [1.165, 1.54) is 18.3 Å². The molecule has 1 fully saturated rings. The first-order chi connectivity index (χ1) is 13.4. The number of rotatable bonds is 4. The smallest absolute Gasteiger partial charge is 0.323 e. The van der Waals surface area contributed by atoms with Gasteiger partial charge in [0.05, 0.1) is 12.1 Å². The lowest BCUT2D eigenvalue weighted by Gasteiger charge is -2.33. The molecule has 1 aromatic carbocycles. The molecule has 2 heterocycles. The van der Waals surface area contributed by atoms with Crippen LogP contribution in [0.5, 0.6) is 0 Å². The van der Waals surface area contributed by atoms with Crippen molar-refractivity contribution in [3.63, 3.8) is 0 Å². The van der Waals surface area contributed by atoms with Gasteiger partial charge in [0.2, 0.25) is 11.8 Å². The molecule has 0 unspecified atom stereocenters. The molecule has 0 radical (unpaired) electrons. The number of nitrogens with zero attached hydrogens (tertiary/aromatic N) is 3. The highest BCUT2D eigenvalue weighted by Gasteiger charge is 2.23. The number of hydrogen-bond acceptors (Lipinski definition) is 5. The molecule has 2 N–H and O–H groups in total. The average Bonchev–Trinajstić information content (AvgIpc) is 3.10. The topological polar surface area (TPSA) is 94.6 Å². The fourth-order valence-corrected chi connectivity index (χ4v) is 3.71. The molecule has 1 aliphatic rings. The molecule has 0 saturated carbocycles. The molecule has 148 valence electrons. The minimum atomic E-state index is -0.247. The first-order valence-corrected chi connectivity index (χ1v) is 10.4. The summed E-state index contributed by atoms with van der Waals surface area (Å²) in [4.78, 5) is 43.5. The van der Waals surface area contributed by atoms with Gasteiger partial charge < -0.3 is 15.1 Å². The Hall–Kier alpha value is -2.46. The highest BCUT2D eigenvalue weighted by molar-refractivity contribution is 9.10. The highest BCUT2D eigenvalue weighted by atomic mass is 79.9. The van der Waals surface area contributed by atoms with E-state index >= 15 is 0 Å². The number of benzene rings is 1. The molecule has 28 heavy (non-hydrogen) atoms. The SMILES string of the molecule is CC(=O)N1CCN(C(=O)Nc2nc(CC(=O)Nc3ccc(Br)cc3)cs2)CC1. The van der Waals surface area contributed by atoms with Crippen molar-refractivity contribution in [3.8, 4) is 0 Å². The van der Waals surface area contributed by atoms with Crippen LogP contribution in [0, 0.1) is 0 Å².